The molecule has 0 amide bonds. The lowest BCUT2D eigenvalue weighted by Crippen LogP contribution is -2.30. The normalized spacial score (nSPS) is 20.6. The summed E-state index contributed by atoms with van der Waals surface area (Å²) in [6.45, 7) is 5.62. The van der Waals surface area contributed by atoms with Gasteiger partial charge < -0.3 is 10.1 Å². The van der Waals surface area contributed by atoms with Crippen molar-refractivity contribution in [2.45, 2.75) is 39.2 Å². The summed E-state index contributed by atoms with van der Waals surface area (Å²) in [4.78, 5) is 13.1. The van der Waals surface area contributed by atoms with Crippen LogP contribution < -0.4 is 5.32 Å². The fourth-order valence-corrected chi connectivity index (χ4v) is 3.06. The molecule has 1 aliphatic rings. The Morgan fingerprint density at radius 3 is 2.83 bits per heavy atom. The van der Waals surface area contributed by atoms with Gasteiger partial charge in [-0.25, -0.2) is 9.97 Å². The van der Waals surface area contributed by atoms with Crippen LogP contribution in [0.3, 0.4) is 0 Å². The van der Waals surface area contributed by atoms with Crippen molar-refractivity contribution in [3.05, 3.63) is 47.7 Å². The molecule has 5 heteroatoms. The van der Waals surface area contributed by atoms with E-state index in [9.17, 15) is 0 Å². The van der Waals surface area contributed by atoms with Crippen molar-refractivity contribution in [2.24, 2.45) is 5.92 Å². The minimum absolute atomic E-state index is 0.284. The second kappa shape index (κ2) is 7.51. The summed E-state index contributed by atoms with van der Waals surface area (Å²) in [6, 6.07) is 6.50. The number of nitrogens with one attached hydrogen (secondary N) is 1. The zero-order valence-electron chi connectivity index (χ0n) is 13.8. The summed E-state index contributed by atoms with van der Waals surface area (Å²) in [7, 11) is 0. The first-order valence-electron chi connectivity index (χ1n) is 8.32. The quantitative estimate of drug-likeness (QED) is 0.889. The van der Waals surface area contributed by atoms with Crippen LogP contribution in [-0.2, 0) is 17.6 Å². The van der Waals surface area contributed by atoms with E-state index >= 15 is 0 Å². The lowest BCUT2D eigenvalue weighted by molar-refractivity contribution is 0.185. The van der Waals surface area contributed by atoms with Crippen LogP contribution >= 0.6 is 0 Å². The van der Waals surface area contributed by atoms with Gasteiger partial charge in [-0.15, -0.1) is 0 Å². The molecule has 0 aliphatic carbocycles. The number of pyridine rings is 1. The van der Waals surface area contributed by atoms with Crippen molar-refractivity contribution in [1.29, 1.82) is 0 Å². The van der Waals surface area contributed by atoms with Gasteiger partial charge in [0.15, 0.2) is 0 Å². The van der Waals surface area contributed by atoms with Crippen molar-refractivity contribution in [1.82, 2.24) is 15.0 Å². The van der Waals surface area contributed by atoms with Crippen molar-refractivity contribution in [2.75, 3.05) is 18.5 Å². The molecule has 3 rings (SSSR count). The van der Waals surface area contributed by atoms with Gasteiger partial charge in [0.05, 0.1) is 19.3 Å². The molecule has 2 aromatic rings. The molecular formula is C18H24N4O. The SMILES string of the molecule is CCCc1cc(N[C@@H]2COC[C@H]2Cc2ccncc2)nc(C)n1. The number of hydrogen-bond donors (Lipinski definition) is 1. The number of anilines is 1. The van der Waals surface area contributed by atoms with Gasteiger partial charge in [0.2, 0.25) is 0 Å². The molecule has 1 aliphatic heterocycles. The van der Waals surface area contributed by atoms with Crippen LogP contribution in [0.4, 0.5) is 5.82 Å². The Kier molecular flexibility index (Phi) is 5.18. The Morgan fingerprint density at radius 1 is 1.22 bits per heavy atom. The number of nitrogens with zero attached hydrogens (tertiary/aromatic N) is 3. The molecule has 0 unspecified atom stereocenters. The maximum absolute atomic E-state index is 5.70. The summed E-state index contributed by atoms with van der Waals surface area (Å²) in [6.07, 6.45) is 6.76. The molecule has 0 aromatic carbocycles. The topological polar surface area (TPSA) is 59.9 Å². The fraction of sp³-hybridized carbons (Fsp3) is 0.500. The van der Waals surface area contributed by atoms with Crippen LogP contribution in [0, 0.1) is 12.8 Å². The molecule has 2 aromatic heterocycles. The lowest BCUT2D eigenvalue weighted by atomic mass is 9.95. The van der Waals surface area contributed by atoms with E-state index in [1.165, 1.54) is 5.56 Å². The monoisotopic (exact) mass is 312 g/mol. The highest BCUT2D eigenvalue weighted by molar-refractivity contribution is 5.38. The van der Waals surface area contributed by atoms with Crippen LogP contribution in [0.2, 0.25) is 0 Å². The maximum atomic E-state index is 5.70. The first-order chi connectivity index (χ1) is 11.2. The number of aromatic nitrogens is 3. The number of ether oxygens (including phenoxy) is 1. The zero-order valence-corrected chi connectivity index (χ0v) is 13.8. The molecule has 1 fully saturated rings. The van der Waals surface area contributed by atoms with Crippen LogP contribution in [0.25, 0.3) is 0 Å². The van der Waals surface area contributed by atoms with E-state index in [4.69, 9.17) is 4.74 Å². The first-order valence-corrected chi connectivity index (χ1v) is 8.32. The third kappa shape index (κ3) is 4.26. The second-order valence-corrected chi connectivity index (χ2v) is 6.15. The van der Waals surface area contributed by atoms with E-state index in [1.807, 2.05) is 19.3 Å². The highest BCUT2D eigenvalue weighted by atomic mass is 16.5. The summed E-state index contributed by atoms with van der Waals surface area (Å²) in [5.41, 5.74) is 2.40. The molecule has 0 radical (unpaired) electrons. The average molecular weight is 312 g/mol. The molecule has 5 nitrogen and oxygen atoms in total. The van der Waals surface area contributed by atoms with E-state index in [1.54, 1.807) is 0 Å². The average Bonchev–Trinajstić information content (AvgIpc) is 2.95. The van der Waals surface area contributed by atoms with Crippen molar-refractivity contribution < 1.29 is 4.74 Å². The first kappa shape index (κ1) is 15.9. The van der Waals surface area contributed by atoms with Crippen molar-refractivity contribution >= 4 is 5.82 Å². The van der Waals surface area contributed by atoms with Gasteiger partial charge in [-0.3, -0.25) is 4.98 Å². The highest BCUT2D eigenvalue weighted by Gasteiger charge is 2.28. The van der Waals surface area contributed by atoms with E-state index < -0.39 is 0 Å². The van der Waals surface area contributed by atoms with Gasteiger partial charge in [-0.05, 0) is 37.5 Å². The standard InChI is InChI=1S/C18H24N4O/c1-3-4-16-10-18(21-13(2)20-16)22-17-12-23-11-15(17)9-14-5-7-19-8-6-14/h5-8,10,15,17H,3-4,9,11-12H2,1-2H3,(H,20,21,22)/t15-,17-/m1/s1. The summed E-state index contributed by atoms with van der Waals surface area (Å²) >= 11 is 0. The van der Waals surface area contributed by atoms with Gasteiger partial charge in [0, 0.05) is 30.1 Å². The molecular weight excluding hydrogens is 288 g/mol. The summed E-state index contributed by atoms with van der Waals surface area (Å²) in [5.74, 6) is 2.18. The molecule has 23 heavy (non-hydrogen) atoms. The molecule has 122 valence electrons. The third-order valence-electron chi connectivity index (χ3n) is 4.18. The Morgan fingerprint density at radius 2 is 2.04 bits per heavy atom. The minimum Gasteiger partial charge on any atom is -0.379 e. The highest BCUT2D eigenvalue weighted by Crippen LogP contribution is 2.22. The van der Waals surface area contributed by atoms with Crippen LogP contribution in [0.5, 0.6) is 0 Å². The van der Waals surface area contributed by atoms with Gasteiger partial charge >= 0.3 is 0 Å². The number of aryl methyl sites for hydroxylation is 2. The molecule has 0 saturated carbocycles. The zero-order chi connectivity index (χ0) is 16.1. The van der Waals surface area contributed by atoms with E-state index in [-0.39, 0.29) is 6.04 Å². The number of rotatable bonds is 6. The maximum Gasteiger partial charge on any atom is 0.130 e. The second-order valence-electron chi connectivity index (χ2n) is 6.15. The molecule has 0 spiro atoms. The molecule has 2 atom stereocenters. The van der Waals surface area contributed by atoms with Crippen molar-refractivity contribution in [3.63, 3.8) is 0 Å². The predicted octanol–water partition coefficient (Wildman–Crippen LogP) is 2.80. The Hall–Kier alpha value is -2.01. The lowest BCUT2D eigenvalue weighted by Gasteiger charge is -2.20. The Labute approximate surface area is 137 Å². The van der Waals surface area contributed by atoms with Crippen LogP contribution in [0.15, 0.2) is 30.6 Å². The minimum atomic E-state index is 0.284. The molecule has 3 heterocycles. The Balaban J connectivity index is 1.69. The smallest absolute Gasteiger partial charge is 0.130 e. The van der Waals surface area contributed by atoms with Gasteiger partial charge in [0.25, 0.3) is 0 Å². The van der Waals surface area contributed by atoms with E-state index in [0.29, 0.717) is 5.92 Å². The number of hydrogen-bond acceptors (Lipinski definition) is 5. The fourth-order valence-electron chi connectivity index (χ4n) is 3.06. The molecule has 1 saturated heterocycles. The largest absolute Gasteiger partial charge is 0.379 e. The summed E-state index contributed by atoms with van der Waals surface area (Å²) < 4.78 is 5.70. The predicted molar refractivity (Wildman–Crippen MR) is 90.4 cm³/mol. The van der Waals surface area contributed by atoms with E-state index in [0.717, 1.165) is 49.8 Å². The Bertz CT molecular complexity index is 632. The summed E-state index contributed by atoms with van der Waals surface area (Å²) in [5, 5.41) is 3.56. The van der Waals surface area contributed by atoms with Gasteiger partial charge in [0.1, 0.15) is 11.6 Å². The van der Waals surface area contributed by atoms with Crippen molar-refractivity contribution in [3.8, 4) is 0 Å². The molecule has 1 N–H and O–H groups in total. The van der Waals surface area contributed by atoms with Crippen LogP contribution in [0.1, 0.15) is 30.4 Å². The van der Waals surface area contributed by atoms with Gasteiger partial charge in [-0.1, -0.05) is 13.3 Å². The molecule has 0 bridgehead atoms. The van der Waals surface area contributed by atoms with E-state index in [2.05, 4.69) is 45.4 Å². The van der Waals surface area contributed by atoms with Gasteiger partial charge in [-0.2, -0.15) is 0 Å². The third-order valence-corrected chi connectivity index (χ3v) is 4.18. The van der Waals surface area contributed by atoms with Crippen LogP contribution in [-0.4, -0.2) is 34.2 Å².